The minimum atomic E-state index is -0.956. The van der Waals surface area contributed by atoms with Gasteiger partial charge in [0.1, 0.15) is 4.88 Å². The Labute approximate surface area is 61.3 Å². The van der Waals surface area contributed by atoms with Crippen LogP contribution >= 0.6 is 11.3 Å². The van der Waals surface area contributed by atoms with Gasteiger partial charge in [0.2, 0.25) is 0 Å². The van der Waals surface area contributed by atoms with Gasteiger partial charge in [-0.25, -0.2) is 9.78 Å². The number of carboxylic acid groups (broad SMARTS) is 1. The second-order valence-electron chi connectivity index (χ2n) is 1.64. The van der Waals surface area contributed by atoms with Crippen LogP contribution < -0.4 is 5.73 Å². The molecule has 0 aliphatic rings. The molecule has 0 aliphatic carbocycles. The van der Waals surface area contributed by atoms with Gasteiger partial charge in [-0.15, -0.1) is 11.3 Å². The number of thiazole rings is 1. The Bertz CT molecular complexity index is 246. The lowest BCUT2D eigenvalue weighted by atomic mass is 10.4. The van der Waals surface area contributed by atoms with Gasteiger partial charge in [0, 0.05) is 6.54 Å². The maximum atomic E-state index is 10.4. The van der Waals surface area contributed by atoms with Crippen molar-refractivity contribution < 1.29 is 9.90 Å². The summed E-state index contributed by atoms with van der Waals surface area (Å²) in [6, 6.07) is 0. The minimum absolute atomic E-state index is 0.186. The zero-order valence-corrected chi connectivity index (χ0v) is 5.89. The first kappa shape index (κ1) is 7.17. The predicted molar refractivity (Wildman–Crippen MR) is 37.0 cm³/mol. The van der Waals surface area contributed by atoms with E-state index >= 15 is 0 Å². The average Bonchev–Trinajstić information content (AvgIpc) is 2.33. The van der Waals surface area contributed by atoms with Gasteiger partial charge in [-0.2, -0.15) is 0 Å². The van der Waals surface area contributed by atoms with Crippen molar-refractivity contribution in [3.05, 3.63) is 16.1 Å². The molecular formula is C5H6N2O2S. The molecule has 1 rings (SSSR count). The van der Waals surface area contributed by atoms with Crippen molar-refractivity contribution in [2.24, 2.45) is 5.73 Å². The largest absolute Gasteiger partial charge is 0.477 e. The molecule has 1 aromatic heterocycles. The van der Waals surface area contributed by atoms with Crippen molar-refractivity contribution in [2.45, 2.75) is 6.54 Å². The first-order chi connectivity index (χ1) is 4.75. The molecule has 0 fully saturated rings. The van der Waals surface area contributed by atoms with Gasteiger partial charge in [0.05, 0.1) is 11.2 Å². The Morgan fingerprint density at radius 1 is 1.90 bits per heavy atom. The van der Waals surface area contributed by atoms with Crippen LogP contribution in [0.15, 0.2) is 5.51 Å². The van der Waals surface area contributed by atoms with E-state index in [1.807, 2.05) is 0 Å². The van der Waals surface area contributed by atoms with Gasteiger partial charge in [-0.05, 0) is 0 Å². The van der Waals surface area contributed by atoms with Crippen LogP contribution in [0.2, 0.25) is 0 Å². The highest BCUT2D eigenvalue weighted by Gasteiger charge is 2.10. The second kappa shape index (κ2) is 2.76. The fourth-order valence-electron chi connectivity index (χ4n) is 0.589. The summed E-state index contributed by atoms with van der Waals surface area (Å²) in [6.07, 6.45) is 0. The number of hydrogen-bond donors (Lipinski definition) is 2. The van der Waals surface area contributed by atoms with Crippen LogP contribution in [0.5, 0.6) is 0 Å². The molecule has 0 saturated carbocycles. The lowest BCUT2D eigenvalue weighted by molar-refractivity contribution is 0.0701. The van der Waals surface area contributed by atoms with Crippen molar-refractivity contribution in [3.8, 4) is 0 Å². The quantitative estimate of drug-likeness (QED) is 0.649. The number of carboxylic acids is 1. The number of aromatic carboxylic acids is 1. The van der Waals surface area contributed by atoms with E-state index in [0.29, 0.717) is 5.69 Å². The molecule has 0 aromatic carbocycles. The molecule has 10 heavy (non-hydrogen) atoms. The summed E-state index contributed by atoms with van der Waals surface area (Å²) in [5.41, 5.74) is 7.15. The summed E-state index contributed by atoms with van der Waals surface area (Å²) in [4.78, 5) is 14.4. The fourth-order valence-corrected chi connectivity index (χ4v) is 1.25. The summed E-state index contributed by atoms with van der Waals surface area (Å²) in [5.74, 6) is -0.956. The van der Waals surface area contributed by atoms with E-state index in [4.69, 9.17) is 10.8 Å². The van der Waals surface area contributed by atoms with E-state index in [1.165, 1.54) is 5.51 Å². The summed E-state index contributed by atoms with van der Waals surface area (Å²) >= 11 is 1.09. The molecule has 0 aliphatic heterocycles. The number of aromatic nitrogens is 1. The molecule has 1 aromatic rings. The van der Waals surface area contributed by atoms with Crippen LogP contribution in [0.3, 0.4) is 0 Å². The molecule has 0 atom stereocenters. The van der Waals surface area contributed by atoms with Crippen molar-refractivity contribution in [3.63, 3.8) is 0 Å². The Balaban J connectivity index is 3.01. The zero-order chi connectivity index (χ0) is 7.56. The molecular weight excluding hydrogens is 152 g/mol. The third-order valence-electron chi connectivity index (χ3n) is 1.03. The molecule has 0 spiro atoms. The Morgan fingerprint density at radius 3 is 3.00 bits per heavy atom. The van der Waals surface area contributed by atoms with E-state index in [1.54, 1.807) is 0 Å². The minimum Gasteiger partial charge on any atom is -0.477 e. The molecule has 0 bridgehead atoms. The number of carbonyl (C=O) groups is 1. The van der Waals surface area contributed by atoms with Crippen LogP contribution in [0, 0.1) is 0 Å². The van der Waals surface area contributed by atoms with Gasteiger partial charge < -0.3 is 10.8 Å². The van der Waals surface area contributed by atoms with Gasteiger partial charge >= 0.3 is 5.97 Å². The van der Waals surface area contributed by atoms with Gasteiger partial charge in [-0.3, -0.25) is 0 Å². The van der Waals surface area contributed by atoms with E-state index in [2.05, 4.69) is 4.98 Å². The molecule has 3 N–H and O–H groups in total. The van der Waals surface area contributed by atoms with Crippen LogP contribution in [0.4, 0.5) is 0 Å². The molecule has 1 heterocycles. The van der Waals surface area contributed by atoms with E-state index in [0.717, 1.165) is 11.3 Å². The zero-order valence-electron chi connectivity index (χ0n) is 5.07. The molecule has 0 unspecified atom stereocenters. The number of nitrogens with zero attached hydrogens (tertiary/aromatic N) is 1. The Kier molecular flexibility index (Phi) is 1.98. The second-order valence-corrected chi connectivity index (χ2v) is 2.49. The van der Waals surface area contributed by atoms with Crippen molar-refractivity contribution in [1.82, 2.24) is 4.98 Å². The first-order valence-electron chi connectivity index (χ1n) is 2.61. The lowest BCUT2D eigenvalue weighted by Crippen LogP contribution is -2.03. The normalized spacial score (nSPS) is 9.70. The third kappa shape index (κ3) is 1.14. The van der Waals surface area contributed by atoms with E-state index in [-0.39, 0.29) is 11.4 Å². The Hall–Kier alpha value is -0.940. The summed E-state index contributed by atoms with van der Waals surface area (Å²) in [7, 11) is 0. The van der Waals surface area contributed by atoms with Gasteiger partial charge in [-0.1, -0.05) is 0 Å². The van der Waals surface area contributed by atoms with Crippen LogP contribution in [-0.4, -0.2) is 16.1 Å². The molecule has 0 radical (unpaired) electrons. The van der Waals surface area contributed by atoms with Crippen molar-refractivity contribution in [2.75, 3.05) is 0 Å². The van der Waals surface area contributed by atoms with Gasteiger partial charge in [0.15, 0.2) is 0 Å². The highest BCUT2D eigenvalue weighted by Crippen LogP contribution is 2.11. The molecule has 0 saturated heterocycles. The summed E-state index contributed by atoms with van der Waals surface area (Å²) in [6.45, 7) is 0.186. The van der Waals surface area contributed by atoms with Crippen molar-refractivity contribution in [1.29, 1.82) is 0 Å². The SMILES string of the molecule is NCc1ncsc1C(=O)O. The lowest BCUT2D eigenvalue weighted by Gasteiger charge is -1.89. The molecule has 5 heteroatoms. The third-order valence-corrected chi connectivity index (χ3v) is 1.89. The topological polar surface area (TPSA) is 76.2 Å². The standard InChI is InChI=1S/C5H6N2O2S/c6-1-3-4(5(8)9)10-2-7-3/h2H,1,6H2,(H,8,9). The summed E-state index contributed by atoms with van der Waals surface area (Å²) < 4.78 is 0. The van der Waals surface area contributed by atoms with Crippen LogP contribution in [-0.2, 0) is 6.54 Å². The van der Waals surface area contributed by atoms with Crippen LogP contribution in [0.1, 0.15) is 15.4 Å². The fraction of sp³-hybridized carbons (Fsp3) is 0.200. The average molecular weight is 158 g/mol. The highest BCUT2D eigenvalue weighted by atomic mass is 32.1. The van der Waals surface area contributed by atoms with E-state index in [9.17, 15) is 4.79 Å². The van der Waals surface area contributed by atoms with Crippen LogP contribution in [0.25, 0.3) is 0 Å². The molecule has 0 amide bonds. The Morgan fingerprint density at radius 2 is 2.60 bits per heavy atom. The highest BCUT2D eigenvalue weighted by molar-refractivity contribution is 7.11. The predicted octanol–water partition coefficient (Wildman–Crippen LogP) is 0.300. The number of hydrogen-bond acceptors (Lipinski definition) is 4. The molecule has 54 valence electrons. The molecule has 4 nitrogen and oxygen atoms in total. The maximum absolute atomic E-state index is 10.4. The first-order valence-corrected chi connectivity index (χ1v) is 3.49. The summed E-state index contributed by atoms with van der Waals surface area (Å²) in [5, 5.41) is 8.50. The van der Waals surface area contributed by atoms with Crippen molar-refractivity contribution >= 4 is 17.3 Å². The number of rotatable bonds is 2. The number of nitrogens with two attached hydrogens (primary N) is 1. The maximum Gasteiger partial charge on any atom is 0.347 e. The smallest absolute Gasteiger partial charge is 0.347 e. The van der Waals surface area contributed by atoms with Gasteiger partial charge in [0.25, 0.3) is 0 Å². The van der Waals surface area contributed by atoms with E-state index < -0.39 is 5.97 Å². The monoisotopic (exact) mass is 158 g/mol.